The molecular weight excluding hydrogens is 210 g/mol. The highest BCUT2D eigenvalue weighted by molar-refractivity contribution is 9.10. The summed E-state index contributed by atoms with van der Waals surface area (Å²) in [6.07, 6.45) is 1.85. The lowest BCUT2D eigenvalue weighted by Gasteiger charge is -2.15. The van der Waals surface area contributed by atoms with E-state index in [0.29, 0.717) is 0 Å². The van der Waals surface area contributed by atoms with Crippen LogP contribution >= 0.6 is 27.5 Å². The van der Waals surface area contributed by atoms with Crippen molar-refractivity contribution in [3.05, 3.63) is 15.5 Å². The summed E-state index contributed by atoms with van der Waals surface area (Å²) in [5, 5.41) is 0. The average molecular weight is 220 g/mol. The van der Waals surface area contributed by atoms with Crippen LogP contribution in [0.5, 0.6) is 0 Å². The molecule has 0 atom stereocenters. The van der Waals surface area contributed by atoms with Crippen molar-refractivity contribution in [1.29, 1.82) is 0 Å². The van der Waals surface area contributed by atoms with Gasteiger partial charge in [-0.05, 0) is 32.9 Å². The number of aromatic nitrogens is 1. The Morgan fingerprint density at radius 1 is 1.50 bits per heavy atom. The lowest BCUT2D eigenvalue weighted by molar-refractivity contribution is 0.601. The van der Waals surface area contributed by atoms with E-state index in [1.807, 2.05) is 6.20 Å². The maximum Gasteiger partial charge on any atom is 0.0552 e. The molecule has 1 rings (SSSR count). The van der Waals surface area contributed by atoms with Crippen molar-refractivity contribution in [3.8, 4) is 0 Å². The molecule has 56 valence electrons. The van der Waals surface area contributed by atoms with Crippen molar-refractivity contribution in [3.63, 3.8) is 0 Å². The molecule has 0 aliphatic carbocycles. The molecule has 0 bridgehead atoms. The van der Waals surface area contributed by atoms with Gasteiger partial charge in [-0.3, -0.25) is 0 Å². The van der Waals surface area contributed by atoms with Crippen LogP contribution in [-0.2, 0) is 5.41 Å². The summed E-state index contributed by atoms with van der Waals surface area (Å²) in [6.45, 7) is 6.56. The molecule has 0 N–H and O–H groups in total. The molecule has 0 aromatic carbocycles. The SMILES string of the molecule is CC(C)(C)c1sncc1Br. The molecule has 1 heterocycles. The first-order chi connectivity index (χ1) is 4.52. The van der Waals surface area contributed by atoms with Gasteiger partial charge in [0.05, 0.1) is 10.7 Å². The Morgan fingerprint density at radius 3 is 2.30 bits per heavy atom. The minimum Gasteiger partial charge on any atom is -0.200 e. The second-order valence-electron chi connectivity index (χ2n) is 3.25. The van der Waals surface area contributed by atoms with Crippen molar-refractivity contribution >= 4 is 27.5 Å². The molecular formula is C7H10BrNS. The largest absolute Gasteiger partial charge is 0.200 e. The van der Waals surface area contributed by atoms with Gasteiger partial charge in [0.2, 0.25) is 0 Å². The normalized spacial score (nSPS) is 12.0. The van der Waals surface area contributed by atoms with E-state index in [-0.39, 0.29) is 5.41 Å². The molecule has 1 aromatic heterocycles. The van der Waals surface area contributed by atoms with Crippen molar-refractivity contribution in [2.75, 3.05) is 0 Å². The minimum absolute atomic E-state index is 0.222. The van der Waals surface area contributed by atoms with Crippen molar-refractivity contribution in [2.24, 2.45) is 0 Å². The van der Waals surface area contributed by atoms with Gasteiger partial charge in [-0.2, -0.15) is 4.37 Å². The third kappa shape index (κ3) is 1.58. The highest BCUT2D eigenvalue weighted by Crippen LogP contribution is 2.32. The maximum absolute atomic E-state index is 4.08. The number of nitrogens with zero attached hydrogens (tertiary/aromatic N) is 1. The average Bonchev–Trinajstić information content (AvgIpc) is 2.11. The Labute approximate surface area is 73.8 Å². The second-order valence-corrected chi connectivity index (χ2v) is 4.91. The van der Waals surface area contributed by atoms with Gasteiger partial charge in [-0.15, -0.1) is 0 Å². The summed E-state index contributed by atoms with van der Waals surface area (Å²) >= 11 is 5.01. The van der Waals surface area contributed by atoms with Gasteiger partial charge in [0, 0.05) is 4.88 Å². The fourth-order valence-electron chi connectivity index (χ4n) is 0.723. The summed E-state index contributed by atoms with van der Waals surface area (Å²) in [4.78, 5) is 1.31. The van der Waals surface area contributed by atoms with Gasteiger partial charge in [-0.1, -0.05) is 20.8 Å². The molecule has 0 saturated heterocycles. The Hall–Kier alpha value is 0.110. The number of hydrogen-bond acceptors (Lipinski definition) is 2. The molecule has 10 heavy (non-hydrogen) atoms. The smallest absolute Gasteiger partial charge is 0.0552 e. The van der Waals surface area contributed by atoms with Crippen LogP contribution in [0.15, 0.2) is 10.7 Å². The maximum atomic E-state index is 4.08. The van der Waals surface area contributed by atoms with Gasteiger partial charge in [0.15, 0.2) is 0 Å². The fraction of sp³-hybridized carbons (Fsp3) is 0.571. The third-order valence-electron chi connectivity index (χ3n) is 1.21. The fourth-order valence-corrected chi connectivity index (χ4v) is 2.45. The quantitative estimate of drug-likeness (QED) is 0.654. The molecule has 1 nitrogen and oxygen atoms in total. The summed E-state index contributed by atoms with van der Waals surface area (Å²) in [5.74, 6) is 0. The Kier molecular flexibility index (Phi) is 2.15. The van der Waals surface area contributed by atoms with E-state index >= 15 is 0 Å². The molecule has 0 fully saturated rings. The zero-order chi connectivity index (χ0) is 7.78. The van der Waals surface area contributed by atoms with Crippen LogP contribution < -0.4 is 0 Å². The molecule has 0 aliphatic rings. The van der Waals surface area contributed by atoms with E-state index < -0.39 is 0 Å². The predicted octanol–water partition coefficient (Wildman–Crippen LogP) is 3.20. The molecule has 1 aromatic rings. The van der Waals surface area contributed by atoms with Crippen LogP contribution in [0.25, 0.3) is 0 Å². The van der Waals surface area contributed by atoms with E-state index in [0.717, 1.165) is 4.47 Å². The van der Waals surface area contributed by atoms with E-state index in [2.05, 4.69) is 41.1 Å². The topological polar surface area (TPSA) is 12.9 Å². The Morgan fingerprint density at radius 2 is 2.10 bits per heavy atom. The van der Waals surface area contributed by atoms with Crippen LogP contribution in [0.2, 0.25) is 0 Å². The van der Waals surface area contributed by atoms with Crippen LogP contribution in [0.4, 0.5) is 0 Å². The first-order valence-electron chi connectivity index (χ1n) is 3.12. The van der Waals surface area contributed by atoms with Gasteiger partial charge in [-0.25, -0.2) is 0 Å². The van der Waals surface area contributed by atoms with Gasteiger partial charge in [0.1, 0.15) is 0 Å². The van der Waals surface area contributed by atoms with E-state index in [4.69, 9.17) is 0 Å². The highest BCUT2D eigenvalue weighted by Gasteiger charge is 2.18. The van der Waals surface area contributed by atoms with Crippen molar-refractivity contribution < 1.29 is 0 Å². The lowest BCUT2D eigenvalue weighted by atomic mass is 9.95. The van der Waals surface area contributed by atoms with Gasteiger partial charge >= 0.3 is 0 Å². The third-order valence-corrected chi connectivity index (χ3v) is 3.30. The molecule has 0 amide bonds. The predicted molar refractivity (Wildman–Crippen MR) is 48.5 cm³/mol. The first-order valence-corrected chi connectivity index (χ1v) is 4.69. The molecule has 0 radical (unpaired) electrons. The summed E-state index contributed by atoms with van der Waals surface area (Å²) in [5.41, 5.74) is 0.222. The van der Waals surface area contributed by atoms with Gasteiger partial charge < -0.3 is 0 Å². The van der Waals surface area contributed by atoms with Crippen LogP contribution in [0.1, 0.15) is 25.6 Å². The Bertz CT molecular complexity index is 224. The monoisotopic (exact) mass is 219 g/mol. The Balaban J connectivity index is 3.05. The zero-order valence-corrected chi connectivity index (χ0v) is 8.71. The van der Waals surface area contributed by atoms with E-state index in [1.165, 1.54) is 4.88 Å². The zero-order valence-electron chi connectivity index (χ0n) is 6.31. The van der Waals surface area contributed by atoms with Crippen LogP contribution in [0.3, 0.4) is 0 Å². The number of rotatable bonds is 0. The van der Waals surface area contributed by atoms with E-state index in [1.54, 1.807) is 11.5 Å². The van der Waals surface area contributed by atoms with Crippen LogP contribution in [-0.4, -0.2) is 4.37 Å². The van der Waals surface area contributed by atoms with E-state index in [9.17, 15) is 0 Å². The molecule has 0 saturated carbocycles. The molecule has 0 aliphatic heterocycles. The summed E-state index contributed by atoms with van der Waals surface area (Å²) in [7, 11) is 0. The van der Waals surface area contributed by atoms with Crippen molar-refractivity contribution in [2.45, 2.75) is 26.2 Å². The van der Waals surface area contributed by atoms with Crippen LogP contribution in [0, 0.1) is 0 Å². The second kappa shape index (κ2) is 2.62. The number of halogens is 1. The lowest BCUT2D eigenvalue weighted by Crippen LogP contribution is -2.08. The summed E-state index contributed by atoms with van der Waals surface area (Å²) in [6, 6.07) is 0. The standard InChI is InChI=1S/C7H10BrNS/c1-7(2,3)6-5(8)4-9-10-6/h4H,1-3H3. The highest BCUT2D eigenvalue weighted by atomic mass is 79.9. The van der Waals surface area contributed by atoms with Gasteiger partial charge in [0.25, 0.3) is 0 Å². The molecule has 3 heteroatoms. The number of hydrogen-bond donors (Lipinski definition) is 0. The summed E-state index contributed by atoms with van der Waals surface area (Å²) < 4.78 is 5.21. The molecule has 0 unspecified atom stereocenters. The molecule has 0 spiro atoms. The minimum atomic E-state index is 0.222. The first kappa shape index (κ1) is 8.21. The van der Waals surface area contributed by atoms with Crippen molar-refractivity contribution in [1.82, 2.24) is 4.37 Å².